The summed E-state index contributed by atoms with van der Waals surface area (Å²) in [5, 5.41) is 5.54. The molecule has 126 valence electrons. The van der Waals surface area contributed by atoms with Gasteiger partial charge in [-0.2, -0.15) is 0 Å². The largest absolute Gasteiger partial charge is 0.497 e. The SMILES string of the molecule is COc1cccc(NC(=O)N[C@H](C(=O)N2CCCC2)C(C)C)c1. The zero-order valence-electron chi connectivity index (χ0n) is 14.0. The van der Waals surface area contributed by atoms with Gasteiger partial charge in [0.05, 0.1) is 7.11 Å². The quantitative estimate of drug-likeness (QED) is 0.876. The van der Waals surface area contributed by atoms with E-state index >= 15 is 0 Å². The monoisotopic (exact) mass is 319 g/mol. The Kier molecular flexibility index (Phi) is 5.84. The number of hydrogen-bond donors (Lipinski definition) is 2. The van der Waals surface area contributed by atoms with Gasteiger partial charge in [0, 0.05) is 24.8 Å². The summed E-state index contributed by atoms with van der Waals surface area (Å²) in [6.45, 7) is 5.43. The Bertz CT molecular complexity index is 554. The minimum atomic E-state index is -0.515. The first kappa shape index (κ1) is 17.1. The van der Waals surface area contributed by atoms with E-state index in [9.17, 15) is 9.59 Å². The summed E-state index contributed by atoms with van der Waals surface area (Å²) in [5.41, 5.74) is 0.623. The fourth-order valence-corrected chi connectivity index (χ4v) is 2.66. The Morgan fingerprint density at radius 3 is 2.52 bits per heavy atom. The topological polar surface area (TPSA) is 70.7 Å². The lowest BCUT2D eigenvalue weighted by Gasteiger charge is -2.26. The second-order valence-corrected chi connectivity index (χ2v) is 6.08. The predicted octanol–water partition coefficient (Wildman–Crippen LogP) is 2.46. The maximum Gasteiger partial charge on any atom is 0.319 e. The van der Waals surface area contributed by atoms with Crippen LogP contribution in [0.2, 0.25) is 0 Å². The number of ether oxygens (including phenoxy) is 1. The molecule has 6 heteroatoms. The molecule has 0 radical (unpaired) electrons. The van der Waals surface area contributed by atoms with Crippen LogP contribution >= 0.6 is 0 Å². The number of carbonyl (C=O) groups excluding carboxylic acids is 2. The van der Waals surface area contributed by atoms with Gasteiger partial charge in [-0.15, -0.1) is 0 Å². The van der Waals surface area contributed by atoms with Crippen LogP contribution in [0, 0.1) is 5.92 Å². The molecule has 0 bridgehead atoms. The first-order chi connectivity index (χ1) is 11.0. The molecule has 1 aromatic rings. The zero-order valence-corrected chi connectivity index (χ0v) is 14.0. The highest BCUT2D eigenvalue weighted by molar-refractivity contribution is 5.94. The second-order valence-electron chi connectivity index (χ2n) is 6.08. The van der Waals surface area contributed by atoms with E-state index in [1.807, 2.05) is 18.7 Å². The van der Waals surface area contributed by atoms with Crippen molar-refractivity contribution in [1.82, 2.24) is 10.2 Å². The van der Waals surface area contributed by atoms with Gasteiger partial charge in [0.15, 0.2) is 0 Å². The normalized spacial score (nSPS) is 15.4. The second kappa shape index (κ2) is 7.85. The van der Waals surface area contributed by atoms with Gasteiger partial charge in [0.1, 0.15) is 11.8 Å². The van der Waals surface area contributed by atoms with E-state index in [-0.39, 0.29) is 17.9 Å². The summed E-state index contributed by atoms with van der Waals surface area (Å²) < 4.78 is 5.13. The third kappa shape index (κ3) is 4.61. The van der Waals surface area contributed by atoms with Crippen molar-refractivity contribution >= 4 is 17.6 Å². The highest BCUT2D eigenvalue weighted by Gasteiger charge is 2.30. The van der Waals surface area contributed by atoms with Crippen LogP contribution in [0.25, 0.3) is 0 Å². The average Bonchev–Trinajstić information content (AvgIpc) is 3.06. The number of rotatable bonds is 5. The first-order valence-corrected chi connectivity index (χ1v) is 8.01. The summed E-state index contributed by atoms with van der Waals surface area (Å²) in [7, 11) is 1.57. The molecule has 1 atom stereocenters. The van der Waals surface area contributed by atoms with E-state index in [1.165, 1.54) is 0 Å². The van der Waals surface area contributed by atoms with E-state index in [1.54, 1.807) is 31.4 Å². The average molecular weight is 319 g/mol. The number of likely N-dealkylation sites (tertiary alicyclic amines) is 1. The summed E-state index contributed by atoms with van der Waals surface area (Å²) in [6.07, 6.45) is 2.07. The molecule has 0 aromatic heterocycles. The van der Waals surface area contributed by atoms with Crippen molar-refractivity contribution in [3.05, 3.63) is 24.3 Å². The molecular weight excluding hydrogens is 294 g/mol. The van der Waals surface area contributed by atoms with Crippen LogP contribution in [-0.2, 0) is 4.79 Å². The molecular formula is C17H25N3O3. The molecule has 1 aliphatic heterocycles. The van der Waals surface area contributed by atoms with Crippen molar-refractivity contribution in [1.29, 1.82) is 0 Å². The standard InChI is InChI=1S/C17H25N3O3/c1-12(2)15(16(21)20-9-4-5-10-20)19-17(22)18-13-7-6-8-14(11-13)23-3/h6-8,11-12,15H,4-5,9-10H2,1-3H3,(H2,18,19,22)/t15-/m0/s1. The van der Waals surface area contributed by atoms with Crippen molar-refractivity contribution in [2.75, 3.05) is 25.5 Å². The number of nitrogens with zero attached hydrogens (tertiary/aromatic N) is 1. The Morgan fingerprint density at radius 2 is 1.91 bits per heavy atom. The number of methoxy groups -OCH3 is 1. The van der Waals surface area contributed by atoms with Crippen LogP contribution < -0.4 is 15.4 Å². The maximum absolute atomic E-state index is 12.5. The number of carbonyl (C=O) groups is 2. The van der Waals surface area contributed by atoms with Gasteiger partial charge in [0.2, 0.25) is 5.91 Å². The molecule has 1 saturated heterocycles. The summed E-state index contributed by atoms with van der Waals surface area (Å²) in [6, 6.07) is 6.20. The van der Waals surface area contributed by atoms with Crippen molar-refractivity contribution in [3.8, 4) is 5.75 Å². The zero-order chi connectivity index (χ0) is 16.8. The molecule has 1 aliphatic rings. The molecule has 2 N–H and O–H groups in total. The predicted molar refractivity (Wildman–Crippen MR) is 89.6 cm³/mol. The van der Waals surface area contributed by atoms with Gasteiger partial charge in [-0.05, 0) is 30.9 Å². The van der Waals surface area contributed by atoms with Crippen LogP contribution in [0.5, 0.6) is 5.75 Å². The van der Waals surface area contributed by atoms with Crippen molar-refractivity contribution < 1.29 is 14.3 Å². The van der Waals surface area contributed by atoms with Gasteiger partial charge in [-0.3, -0.25) is 4.79 Å². The van der Waals surface area contributed by atoms with Gasteiger partial charge >= 0.3 is 6.03 Å². The molecule has 0 saturated carbocycles. The van der Waals surface area contributed by atoms with E-state index in [0.29, 0.717) is 11.4 Å². The number of amides is 3. The van der Waals surface area contributed by atoms with Gasteiger partial charge in [0.25, 0.3) is 0 Å². The Labute approximate surface area is 137 Å². The molecule has 1 fully saturated rings. The highest BCUT2D eigenvalue weighted by atomic mass is 16.5. The molecule has 2 rings (SSSR count). The van der Waals surface area contributed by atoms with Crippen molar-refractivity contribution in [2.45, 2.75) is 32.7 Å². The fraction of sp³-hybridized carbons (Fsp3) is 0.529. The van der Waals surface area contributed by atoms with Gasteiger partial charge in [-0.25, -0.2) is 4.79 Å². The van der Waals surface area contributed by atoms with Crippen LogP contribution in [-0.4, -0.2) is 43.1 Å². The van der Waals surface area contributed by atoms with E-state index in [4.69, 9.17) is 4.74 Å². The number of urea groups is 1. The summed E-state index contributed by atoms with van der Waals surface area (Å²) >= 11 is 0. The molecule has 6 nitrogen and oxygen atoms in total. The van der Waals surface area contributed by atoms with E-state index in [2.05, 4.69) is 10.6 Å². The number of anilines is 1. The van der Waals surface area contributed by atoms with Crippen LogP contribution in [0.4, 0.5) is 10.5 Å². The maximum atomic E-state index is 12.5. The van der Waals surface area contributed by atoms with E-state index < -0.39 is 6.04 Å². The first-order valence-electron chi connectivity index (χ1n) is 8.01. The molecule has 3 amide bonds. The summed E-state index contributed by atoms with van der Waals surface area (Å²) in [5.74, 6) is 0.689. The molecule has 0 unspecified atom stereocenters. The number of nitrogens with one attached hydrogen (secondary N) is 2. The van der Waals surface area contributed by atoms with Crippen molar-refractivity contribution in [2.24, 2.45) is 5.92 Å². The third-order valence-electron chi connectivity index (χ3n) is 3.96. The lowest BCUT2D eigenvalue weighted by molar-refractivity contribution is -0.133. The molecule has 23 heavy (non-hydrogen) atoms. The van der Waals surface area contributed by atoms with E-state index in [0.717, 1.165) is 25.9 Å². The molecule has 0 spiro atoms. The van der Waals surface area contributed by atoms with Crippen LogP contribution in [0.15, 0.2) is 24.3 Å². The van der Waals surface area contributed by atoms with Crippen LogP contribution in [0.1, 0.15) is 26.7 Å². The molecule has 0 aliphatic carbocycles. The van der Waals surface area contributed by atoms with Gasteiger partial charge in [-0.1, -0.05) is 19.9 Å². The van der Waals surface area contributed by atoms with Crippen LogP contribution in [0.3, 0.4) is 0 Å². The molecule has 1 heterocycles. The fourth-order valence-electron chi connectivity index (χ4n) is 2.66. The number of hydrogen-bond acceptors (Lipinski definition) is 3. The number of benzene rings is 1. The molecule has 1 aromatic carbocycles. The third-order valence-corrected chi connectivity index (χ3v) is 3.96. The Hall–Kier alpha value is -2.24. The highest BCUT2D eigenvalue weighted by Crippen LogP contribution is 2.17. The smallest absolute Gasteiger partial charge is 0.319 e. The van der Waals surface area contributed by atoms with Crippen molar-refractivity contribution in [3.63, 3.8) is 0 Å². The van der Waals surface area contributed by atoms with Gasteiger partial charge < -0.3 is 20.3 Å². The summed E-state index contributed by atoms with van der Waals surface area (Å²) in [4.78, 5) is 26.6. The minimum Gasteiger partial charge on any atom is -0.497 e. The minimum absolute atomic E-state index is 0.00158. The lowest BCUT2D eigenvalue weighted by Crippen LogP contribution is -2.51. The Morgan fingerprint density at radius 1 is 1.22 bits per heavy atom. The Balaban J connectivity index is 1.98. The lowest BCUT2D eigenvalue weighted by atomic mass is 10.0.